The first-order chi connectivity index (χ1) is 13.8. The third-order valence-corrected chi connectivity index (χ3v) is 5.46. The second kappa shape index (κ2) is 6.67. The Morgan fingerprint density at radius 2 is 2.07 bits per heavy atom. The molecule has 0 aliphatic carbocycles. The fourth-order valence-electron chi connectivity index (χ4n) is 4.00. The lowest BCUT2D eigenvalue weighted by Crippen LogP contribution is -2.35. The number of methoxy groups -OCH3 is 1. The molecule has 1 aliphatic heterocycles. The highest BCUT2D eigenvalue weighted by Gasteiger charge is 2.22. The normalized spacial score (nSPS) is 14.7. The lowest BCUT2D eigenvalue weighted by molar-refractivity contribution is 0.0726. The first-order valence-corrected chi connectivity index (χ1v) is 9.53. The van der Waals surface area contributed by atoms with E-state index in [4.69, 9.17) is 4.74 Å². The molecule has 1 fully saturated rings. The molecule has 1 N–H and O–H groups in total. The van der Waals surface area contributed by atoms with Gasteiger partial charge in [0.05, 0.1) is 29.8 Å². The maximum atomic E-state index is 13.0. The van der Waals surface area contributed by atoms with Gasteiger partial charge in [-0.15, -0.1) is 0 Å². The molecule has 5 heterocycles. The fourth-order valence-corrected chi connectivity index (χ4v) is 4.00. The molecule has 0 saturated carbocycles. The minimum absolute atomic E-state index is 0.0602. The smallest absolute Gasteiger partial charge is 0.257 e. The number of likely N-dealkylation sites (tertiary alicyclic amines) is 1. The van der Waals surface area contributed by atoms with Crippen LogP contribution in [0.15, 0.2) is 43.0 Å². The van der Waals surface area contributed by atoms with Crippen molar-refractivity contribution in [2.45, 2.75) is 19.3 Å². The second-order valence-electron chi connectivity index (χ2n) is 7.10. The molecule has 1 saturated heterocycles. The van der Waals surface area contributed by atoms with E-state index in [0.29, 0.717) is 5.56 Å². The van der Waals surface area contributed by atoms with E-state index >= 15 is 0 Å². The SMILES string of the molecule is COc1ccnc2[nH]cc(-c3ccn4ncc(C(=O)N5CCCCC5)c4c3)c12. The molecule has 0 aromatic carbocycles. The molecule has 0 atom stereocenters. The van der Waals surface area contributed by atoms with E-state index in [1.807, 2.05) is 35.5 Å². The molecule has 0 spiro atoms. The van der Waals surface area contributed by atoms with Crippen molar-refractivity contribution in [3.8, 4) is 16.9 Å². The summed E-state index contributed by atoms with van der Waals surface area (Å²) in [5.41, 5.74) is 4.20. The summed E-state index contributed by atoms with van der Waals surface area (Å²) in [7, 11) is 1.65. The molecule has 1 aliphatic rings. The summed E-state index contributed by atoms with van der Waals surface area (Å²) in [6.07, 6.45) is 10.5. The van der Waals surface area contributed by atoms with Crippen molar-refractivity contribution in [3.63, 3.8) is 0 Å². The standard InChI is InChI=1S/C21H21N5O2/c1-28-18-5-7-22-20-19(18)15(12-23-20)14-6-10-26-17(11-14)16(13-24-26)21(27)25-8-3-2-4-9-25/h5-7,10-13H,2-4,8-9H2,1H3,(H,22,23). The number of ether oxygens (including phenoxy) is 1. The molecular weight excluding hydrogens is 354 g/mol. The third-order valence-electron chi connectivity index (χ3n) is 5.46. The third kappa shape index (κ3) is 2.62. The first kappa shape index (κ1) is 16.8. The van der Waals surface area contributed by atoms with Gasteiger partial charge in [-0.2, -0.15) is 5.10 Å². The van der Waals surface area contributed by atoms with Crippen LogP contribution >= 0.6 is 0 Å². The number of nitrogens with one attached hydrogen (secondary N) is 1. The van der Waals surface area contributed by atoms with Crippen molar-refractivity contribution >= 4 is 22.5 Å². The molecule has 0 radical (unpaired) electrons. The quantitative estimate of drug-likeness (QED) is 0.595. The lowest BCUT2D eigenvalue weighted by atomic mass is 10.0. The predicted octanol–water partition coefficient (Wildman–Crippen LogP) is 3.51. The van der Waals surface area contributed by atoms with Gasteiger partial charge in [0.25, 0.3) is 5.91 Å². The zero-order valence-corrected chi connectivity index (χ0v) is 15.7. The Hall–Kier alpha value is -3.35. The van der Waals surface area contributed by atoms with Crippen molar-refractivity contribution < 1.29 is 9.53 Å². The van der Waals surface area contributed by atoms with Gasteiger partial charge in [-0.1, -0.05) is 0 Å². The molecular formula is C21H21N5O2. The Bertz CT molecular complexity index is 1170. The number of amides is 1. The zero-order chi connectivity index (χ0) is 19.1. The first-order valence-electron chi connectivity index (χ1n) is 9.53. The highest BCUT2D eigenvalue weighted by atomic mass is 16.5. The average Bonchev–Trinajstić information content (AvgIpc) is 3.37. The van der Waals surface area contributed by atoms with Crippen LogP contribution in [0.4, 0.5) is 0 Å². The Morgan fingerprint density at radius 3 is 2.89 bits per heavy atom. The molecule has 28 heavy (non-hydrogen) atoms. The van der Waals surface area contributed by atoms with Crippen LogP contribution in [0.2, 0.25) is 0 Å². The number of pyridine rings is 2. The van der Waals surface area contributed by atoms with Crippen LogP contribution in [0.1, 0.15) is 29.6 Å². The molecule has 0 unspecified atom stereocenters. The Labute approximate surface area is 161 Å². The number of hydrogen-bond acceptors (Lipinski definition) is 4. The molecule has 7 heteroatoms. The minimum Gasteiger partial charge on any atom is -0.496 e. The summed E-state index contributed by atoms with van der Waals surface area (Å²) in [6, 6.07) is 5.85. The van der Waals surface area contributed by atoms with E-state index in [2.05, 4.69) is 15.1 Å². The van der Waals surface area contributed by atoms with Gasteiger partial charge in [0.1, 0.15) is 11.4 Å². The lowest BCUT2D eigenvalue weighted by Gasteiger charge is -2.26. The molecule has 142 valence electrons. The van der Waals surface area contributed by atoms with E-state index in [1.165, 1.54) is 6.42 Å². The summed E-state index contributed by atoms with van der Waals surface area (Å²) in [5.74, 6) is 0.823. The van der Waals surface area contributed by atoms with Crippen molar-refractivity contribution in [2.24, 2.45) is 0 Å². The molecule has 7 nitrogen and oxygen atoms in total. The number of hydrogen-bond donors (Lipinski definition) is 1. The van der Waals surface area contributed by atoms with Crippen LogP contribution < -0.4 is 4.74 Å². The van der Waals surface area contributed by atoms with Crippen LogP contribution in [0.5, 0.6) is 5.75 Å². The number of piperidine rings is 1. The van der Waals surface area contributed by atoms with Crippen molar-refractivity contribution in [3.05, 3.63) is 48.5 Å². The topological polar surface area (TPSA) is 75.5 Å². The number of aromatic amines is 1. The molecule has 5 rings (SSSR count). The number of H-pyrrole nitrogens is 1. The molecule has 4 aromatic heterocycles. The van der Waals surface area contributed by atoms with Gasteiger partial charge >= 0.3 is 0 Å². The fraction of sp³-hybridized carbons (Fsp3) is 0.286. The number of carbonyl (C=O) groups excluding carboxylic acids is 1. The summed E-state index contributed by atoms with van der Waals surface area (Å²) >= 11 is 0. The highest BCUT2D eigenvalue weighted by Crippen LogP contribution is 2.35. The number of carbonyl (C=O) groups is 1. The summed E-state index contributed by atoms with van der Waals surface area (Å²) in [5, 5.41) is 5.31. The van der Waals surface area contributed by atoms with Gasteiger partial charge in [0.15, 0.2) is 0 Å². The molecule has 0 bridgehead atoms. The minimum atomic E-state index is 0.0602. The maximum Gasteiger partial charge on any atom is 0.257 e. The van der Waals surface area contributed by atoms with Crippen LogP contribution in [0, 0.1) is 0 Å². The van der Waals surface area contributed by atoms with E-state index in [0.717, 1.165) is 59.4 Å². The van der Waals surface area contributed by atoms with Crippen LogP contribution in [-0.2, 0) is 0 Å². The van der Waals surface area contributed by atoms with Gasteiger partial charge in [0.2, 0.25) is 0 Å². The summed E-state index contributed by atoms with van der Waals surface area (Å²) in [6.45, 7) is 1.64. The Balaban J connectivity index is 1.62. The zero-order valence-electron chi connectivity index (χ0n) is 15.7. The van der Waals surface area contributed by atoms with Crippen molar-refractivity contribution in [1.82, 2.24) is 24.5 Å². The van der Waals surface area contributed by atoms with Crippen molar-refractivity contribution in [2.75, 3.05) is 20.2 Å². The van der Waals surface area contributed by atoms with E-state index in [9.17, 15) is 4.79 Å². The van der Waals surface area contributed by atoms with Crippen LogP contribution in [-0.4, -0.2) is 50.6 Å². The Morgan fingerprint density at radius 1 is 1.21 bits per heavy atom. The van der Waals surface area contributed by atoms with E-state index in [1.54, 1.807) is 24.0 Å². The second-order valence-corrected chi connectivity index (χ2v) is 7.10. The summed E-state index contributed by atoms with van der Waals surface area (Å²) < 4.78 is 7.28. The van der Waals surface area contributed by atoms with Crippen LogP contribution in [0.25, 0.3) is 27.7 Å². The van der Waals surface area contributed by atoms with E-state index < -0.39 is 0 Å². The molecule has 4 aromatic rings. The number of aromatic nitrogens is 4. The van der Waals surface area contributed by atoms with Gasteiger partial charge < -0.3 is 14.6 Å². The predicted molar refractivity (Wildman–Crippen MR) is 107 cm³/mol. The largest absolute Gasteiger partial charge is 0.496 e. The summed E-state index contributed by atoms with van der Waals surface area (Å²) in [4.78, 5) is 22.5. The maximum absolute atomic E-state index is 13.0. The number of fused-ring (bicyclic) bond motifs is 2. The van der Waals surface area contributed by atoms with Gasteiger partial charge in [-0.3, -0.25) is 4.79 Å². The monoisotopic (exact) mass is 375 g/mol. The van der Waals surface area contributed by atoms with Gasteiger partial charge in [-0.25, -0.2) is 9.50 Å². The van der Waals surface area contributed by atoms with E-state index in [-0.39, 0.29) is 5.91 Å². The molecule has 1 amide bonds. The number of nitrogens with zero attached hydrogens (tertiary/aromatic N) is 4. The average molecular weight is 375 g/mol. The van der Waals surface area contributed by atoms with Gasteiger partial charge in [0, 0.05) is 37.2 Å². The van der Waals surface area contributed by atoms with Gasteiger partial charge in [-0.05, 0) is 43.0 Å². The number of rotatable bonds is 3. The van der Waals surface area contributed by atoms with Crippen molar-refractivity contribution in [1.29, 1.82) is 0 Å². The Kier molecular flexibility index (Phi) is 4.00. The highest BCUT2D eigenvalue weighted by molar-refractivity contribution is 6.03. The van der Waals surface area contributed by atoms with Crippen LogP contribution in [0.3, 0.4) is 0 Å².